The van der Waals surface area contributed by atoms with E-state index in [0.29, 0.717) is 11.5 Å². The number of nitrogens with one attached hydrogen (secondary N) is 1. The van der Waals surface area contributed by atoms with Gasteiger partial charge in [-0.2, -0.15) is 0 Å². The van der Waals surface area contributed by atoms with Crippen LogP contribution in [0, 0.1) is 10.1 Å². The highest BCUT2D eigenvalue weighted by Crippen LogP contribution is 2.30. The van der Waals surface area contributed by atoms with Gasteiger partial charge in [0.1, 0.15) is 17.5 Å². The lowest BCUT2D eigenvalue weighted by atomic mass is 10.2. The number of ether oxygens (including phenoxy) is 2. The van der Waals surface area contributed by atoms with Gasteiger partial charge in [0.15, 0.2) is 0 Å². The minimum Gasteiger partial charge on any atom is -0.497 e. The maximum Gasteiger partial charge on any atom is 0.271 e. The molecule has 1 atom stereocenters. The van der Waals surface area contributed by atoms with Gasteiger partial charge in [-0.05, 0) is 25.1 Å². The minimum atomic E-state index is -3.93. The van der Waals surface area contributed by atoms with Gasteiger partial charge in [-0.1, -0.05) is 6.07 Å². The first kappa shape index (κ1) is 22.0. The molecule has 0 radical (unpaired) electrons. The molecule has 10 nitrogen and oxygen atoms in total. The zero-order valence-electron chi connectivity index (χ0n) is 16.3. The number of nitrogens with zero attached hydrogens (tertiary/aromatic N) is 2. The lowest BCUT2D eigenvalue weighted by Crippen LogP contribution is -2.45. The second-order valence-corrected chi connectivity index (χ2v) is 7.93. The summed E-state index contributed by atoms with van der Waals surface area (Å²) in [5, 5.41) is 13.6. The average molecular weight is 423 g/mol. The van der Waals surface area contributed by atoms with Crippen molar-refractivity contribution in [2.24, 2.45) is 0 Å². The number of rotatable bonds is 8. The first-order valence-corrected chi connectivity index (χ1v) is 10.2. The number of methoxy groups -OCH3 is 2. The highest BCUT2D eigenvalue weighted by Gasteiger charge is 2.30. The van der Waals surface area contributed by atoms with Crippen molar-refractivity contribution < 1.29 is 27.6 Å². The Labute approximate surface area is 168 Å². The van der Waals surface area contributed by atoms with Crippen molar-refractivity contribution in [2.75, 3.05) is 30.1 Å². The van der Waals surface area contributed by atoms with Crippen LogP contribution in [0.25, 0.3) is 0 Å². The van der Waals surface area contributed by atoms with Crippen LogP contribution < -0.4 is 19.1 Å². The monoisotopic (exact) mass is 423 g/mol. The van der Waals surface area contributed by atoms with Crippen LogP contribution in [0.3, 0.4) is 0 Å². The number of anilines is 2. The fourth-order valence-corrected chi connectivity index (χ4v) is 3.87. The number of nitro groups is 1. The first-order chi connectivity index (χ1) is 13.6. The summed E-state index contributed by atoms with van der Waals surface area (Å²) in [4.78, 5) is 23.2. The van der Waals surface area contributed by atoms with Crippen LogP contribution >= 0.6 is 0 Å². The van der Waals surface area contributed by atoms with Gasteiger partial charge in [0, 0.05) is 18.2 Å². The predicted molar refractivity (Wildman–Crippen MR) is 108 cm³/mol. The summed E-state index contributed by atoms with van der Waals surface area (Å²) >= 11 is 0. The standard InChI is InChI=1S/C18H21N3O7S/c1-12(18(22)19-16-11-15(27-2)8-9-17(16)28-3)20(29(4,25)26)13-6-5-7-14(10-13)21(23)24/h5-12H,1-4H3,(H,19,22). The smallest absolute Gasteiger partial charge is 0.271 e. The molecule has 1 N–H and O–H groups in total. The van der Waals surface area contributed by atoms with E-state index in [1.807, 2.05) is 0 Å². The number of hydrogen-bond donors (Lipinski definition) is 1. The van der Waals surface area contributed by atoms with Gasteiger partial charge in [-0.25, -0.2) is 8.42 Å². The van der Waals surface area contributed by atoms with Crippen LogP contribution in [0.15, 0.2) is 42.5 Å². The number of benzene rings is 2. The van der Waals surface area contributed by atoms with Crippen LogP contribution in [0.1, 0.15) is 6.92 Å². The Hall–Kier alpha value is -3.34. The van der Waals surface area contributed by atoms with Crippen molar-refractivity contribution >= 4 is 33.0 Å². The van der Waals surface area contributed by atoms with E-state index in [2.05, 4.69) is 5.32 Å². The molecule has 11 heteroatoms. The van der Waals surface area contributed by atoms with Gasteiger partial charge in [0.25, 0.3) is 5.69 Å². The van der Waals surface area contributed by atoms with Crippen molar-refractivity contribution in [3.8, 4) is 11.5 Å². The van der Waals surface area contributed by atoms with E-state index >= 15 is 0 Å². The van der Waals surface area contributed by atoms with Crippen LogP contribution in [0.2, 0.25) is 0 Å². The van der Waals surface area contributed by atoms with E-state index in [1.54, 1.807) is 12.1 Å². The molecule has 0 saturated heterocycles. The van der Waals surface area contributed by atoms with Crippen LogP contribution in [-0.2, 0) is 14.8 Å². The molecule has 29 heavy (non-hydrogen) atoms. The van der Waals surface area contributed by atoms with E-state index in [1.165, 1.54) is 45.4 Å². The molecule has 0 saturated carbocycles. The third kappa shape index (κ3) is 5.13. The molecule has 0 bridgehead atoms. The molecule has 156 valence electrons. The Morgan fingerprint density at radius 3 is 2.41 bits per heavy atom. The molecule has 0 fully saturated rings. The molecule has 0 heterocycles. The molecule has 0 spiro atoms. The Balaban J connectivity index is 2.40. The summed E-state index contributed by atoms with van der Waals surface area (Å²) in [6, 6.07) is 8.61. The van der Waals surface area contributed by atoms with E-state index < -0.39 is 26.9 Å². The molecule has 0 aliphatic heterocycles. The summed E-state index contributed by atoms with van der Waals surface area (Å²) in [5.41, 5.74) is -0.00336. The fourth-order valence-electron chi connectivity index (χ4n) is 2.70. The Kier molecular flexibility index (Phi) is 6.64. The molecule has 0 aliphatic rings. The van der Waals surface area contributed by atoms with E-state index in [-0.39, 0.29) is 17.1 Å². The van der Waals surface area contributed by atoms with E-state index in [0.717, 1.165) is 16.6 Å². The topological polar surface area (TPSA) is 128 Å². The quantitative estimate of drug-likeness (QED) is 0.510. The predicted octanol–water partition coefficient (Wildman–Crippen LogP) is 2.41. The van der Waals surface area contributed by atoms with Crippen LogP contribution in [0.5, 0.6) is 11.5 Å². The first-order valence-electron chi connectivity index (χ1n) is 8.35. The second-order valence-electron chi connectivity index (χ2n) is 6.07. The molecule has 1 unspecified atom stereocenters. The van der Waals surface area contributed by atoms with Gasteiger partial charge in [0.05, 0.1) is 36.8 Å². The Bertz CT molecular complexity index is 1020. The maximum absolute atomic E-state index is 12.8. The van der Waals surface area contributed by atoms with Crippen molar-refractivity contribution in [3.63, 3.8) is 0 Å². The third-order valence-corrected chi connectivity index (χ3v) is 5.29. The molecule has 0 aliphatic carbocycles. The number of carbonyl (C=O) groups excluding carboxylic acids is 1. The van der Waals surface area contributed by atoms with Crippen LogP contribution in [0.4, 0.5) is 17.1 Å². The van der Waals surface area contributed by atoms with Gasteiger partial charge < -0.3 is 14.8 Å². The third-order valence-electron chi connectivity index (χ3n) is 4.05. The number of non-ortho nitro benzene ring substituents is 1. The van der Waals surface area contributed by atoms with Crippen LogP contribution in [-0.4, -0.2) is 45.8 Å². The number of hydrogen-bond acceptors (Lipinski definition) is 7. The molecular formula is C18H21N3O7S. The highest BCUT2D eigenvalue weighted by atomic mass is 32.2. The van der Waals surface area contributed by atoms with Gasteiger partial charge >= 0.3 is 0 Å². The molecule has 2 aromatic rings. The zero-order chi connectivity index (χ0) is 21.8. The number of nitro benzene ring substituents is 1. The normalized spacial score (nSPS) is 12.0. The summed E-state index contributed by atoms with van der Waals surface area (Å²) in [6.07, 6.45) is 0.918. The van der Waals surface area contributed by atoms with Crippen molar-refractivity contribution in [3.05, 3.63) is 52.6 Å². The van der Waals surface area contributed by atoms with E-state index in [9.17, 15) is 23.3 Å². The molecular weight excluding hydrogens is 402 g/mol. The van der Waals surface area contributed by atoms with Crippen molar-refractivity contribution in [1.82, 2.24) is 0 Å². The van der Waals surface area contributed by atoms with Gasteiger partial charge in [-0.15, -0.1) is 0 Å². The van der Waals surface area contributed by atoms with Gasteiger partial charge in [0.2, 0.25) is 15.9 Å². The Morgan fingerprint density at radius 2 is 1.86 bits per heavy atom. The maximum atomic E-state index is 12.8. The summed E-state index contributed by atoms with van der Waals surface area (Å²) in [5.74, 6) is 0.161. The second kappa shape index (κ2) is 8.78. The lowest BCUT2D eigenvalue weighted by molar-refractivity contribution is -0.384. The highest BCUT2D eigenvalue weighted by molar-refractivity contribution is 7.92. The number of sulfonamides is 1. The van der Waals surface area contributed by atoms with E-state index in [4.69, 9.17) is 9.47 Å². The average Bonchev–Trinajstić information content (AvgIpc) is 2.67. The van der Waals surface area contributed by atoms with Crippen molar-refractivity contribution in [1.29, 1.82) is 0 Å². The largest absolute Gasteiger partial charge is 0.497 e. The number of carbonyl (C=O) groups is 1. The Morgan fingerprint density at radius 1 is 1.17 bits per heavy atom. The minimum absolute atomic E-state index is 0.00181. The molecule has 2 rings (SSSR count). The zero-order valence-corrected chi connectivity index (χ0v) is 17.1. The fraction of sp³-hybridized carbons (Fsp3) is 0.278. The molecule has 2 aromatic carbocycles. The molecule has 1 amide bonds. The summed E-state index contributed by atoms with van der Waals surface area (Å²) in [6.45, 7) is 1.38. The summed E-state index contributed by atoms with van der Waals surface area (Å²) < 4.78 is 35.9. The number of amides is 1. The van der Waals surface area contributed by atoms with Gasteiger partial charge in [-0.3, -0.25) is 19.2 Å². The SMILES string of the molecule is COc1ccc(OC)c(NC(=O)C(C)N(c2cccc([N+](=O)[O-])c2)S(C)(=O)=O)c1. The summed E-state index contributed by atoms with van der Waals surface area (Å²) in [7, 11) is -1.05. The van der Waals surface area contributed by atoms with Crippen molar-refractivity contribution in [2.45, 2.75) is 13.0 Å². The molecule has 0 aromatic heterocycles. The lowest BCUT2D eigenvalue weighted by Gasteiger charge is -2.28.